The minimum Gasteiger partial charge on any atom is -0.480 e. The lowest BCUT2D eigenvalue weighted by atomic mass is 10.0. The monoisotopic (exact) mass is 295 g/mol. The number of nitrogens with zero attached hydrogens (tertiary/aromatic N) is 2. The highest BCUT2D eigenvalue weighted by Gasteiger charge is 2.18. The number of carbonyl (C=O) groups is 1. The summed E-state index contributed by atoms with van der Waals surface area (Å²) in [6.45, 7) is 4.43. The second-order valence-electron chi connectivity index (χ2n) is 5.25. The average Bonchev–Trinajstić information content (AvgIpc) is 2.75. The van der Waals surface area contributed by atoms with Crippen LogP contribution < -0.4 is 5.32 Å². The van der Waals surface area contributed by atoms with E-state index in [1.165, 1.54) is 0 Å². The topological polar surface area (TPSA) is 66.6 Å². The molecule has 0 aromatic carbocycles. The van der Waals surface area contributed by atoms with Gasteiger partial charge in [-0.1, -0.05) is 25.4 Å². The molecule has 0 radical (unpaired) electrons. The van der Waals surface area contributed by atoms with E-state index >= 15 is 0 Å². The van der Waals surface area contributed by atoms with Gasteiger partial charge in [0.2, 0.25) is 0 Å². The van der Waals surface area contributed by atoms with Crippen molar-refractivity contribution >= 4 is 23.2 Å². The summed E-state index contributed by atoms with van der Waals surface area (Å²) in [5, 5.41) is 12.8. The van der Waals surface area contributed by atoms with E-state index in [9.17, 15) is 9.90 Å². The van der Waals surface area contributed by atoms with Crippen LogP contribution in [0, 0.1) is 5.92 Å². The maximum absolute atomic E-state index is 11.2. The molecule has 108 valence electrons. The zero-order chi connectivity index (χ0) is 14.7. The predicted molar refractivity (Wildman–Crippen MR) is 77.9 cm³/mol. The fourth-order valence-electron chi connectivity index (χ4n) is 2.07. The van der Waals surface area contributed by atoms with Crippen molar-refractivity contribution in [2.45, 2.75) is 32.9 Å². The number of nitrogens with one attached hydrogen (secondary N) is 1. The van der Waals surface area contributed by atoms with Gasteiger partial charge >= 0.3 is 5.97 Å². The van der Waals surface area contributed by atoms with Crippen molar-refractivity contribution in [1.29, 1.82) is 0 Å². The zero-order valence-electron chi connectivity index (χ0n) is 11.5. The van der Waals surface area contributed by atoms with E-state index in [0.29, 0.717) is 23.9 Å². The lowest BCUT2D eigenvalue weighted by molar-refractivity contribution is -0.140. The largest absolute Gasteiger partial charge is 0.480 e. The molecule has 2 heterocycles. The number of rotatable bonds is 6. The Hall–Kier alpha value is -1.59. The SMILES string of the molecule is CC(C)CC(NCc1cn2cc(Cl)ccc2n1)C(=O)O. The number of aromatic nitrogens is 2. The van der Waals surface area contributed by atoms with Crippen LogP contribution in [0.5, 0.6) is 0 Å². The molecule has 0 aliphatic carbocycles. The van der Waals surface area contributed by atoms with Gasteiger partial charge < -0.3 is 9.51 Å². The van der Waals surface area contributed by atoms with E-state index in [1.807, 2.05) is 30.5 Å². The number of imidazole rings is 1. The number of carboxylic acid groups (broad SMARTS) is 1. The third kappa shape index (κ3) is 3.71. The lowest BCUT2D eigenvalue weighted by Gasteiger charge is -2.15. The molecule has 1 atom stereocenters. The first-order valence-corrected chi connectivity index (χ1v) is 6.93. The molecule has 0 aliphatic rings. The third-order valence-electron chi connectivity index (χ3n) is 3.00. The Labute approximate surface area is 122 Å². The van der Waals surface area contributed by atoms with Crippen molar-refractivity contribution in [3.05, 3.63) is 35.2 Å². The molecule has 0 saturated carbocycles. The predicted octanol–water partition coefficient (Wildman–Crippen LogP) is 2.58. The molecule has 1 unspecified atom stereocenters. The summed E-state index contributed by atoms with van der Waals surface area (Å²) in [4.78, 5) is 15.6. The van der Waals surface area contributed by atoms with Gasteiger partial charge in [-0.2, -0.15) is 0 Å². The number of fused-ring (bicyclic) bond motifs is 1. The summed E-state index contributed by atoms with van der Waals surface area (Å²) in [7, 11) is 0. The molecule has 0 fully saturated rings. The normalized spacial score (nSPS) is 13.0. The molecular formula is C14H18ClN3O2. The number of halogens is 1. The van der Waals surface area contributed by atoms with Gasteiger partial charge in [0.25, 0.3) is 0 Å². The Morgan fingerprint density at radius 3 is 2.85 bits per heavy atom. The molecule has 0 aliphatic heterocycles. The van der Waals surface area contributed by atoms with Gasteiger partial charge in [-0.15, -0.1) is 0 Å². The van der Waals surface area contributed by atoms with Crippen molar-refractivity contribution in [3.63, 3.8) is 0 Å². The minimum absolute atomic E-state index is 0.323. The van der Waals surface area contributed by atoms with Crippen LogP contribution in [0.15, 0.2) is 24.5 Å². The Morgan fingerprint density at radius 2 is 2.20 bits per heavy atom. The van der Waals surface area contributed by atoms with Crippen LogP contribution in [0.3, 0.4) is 0 Å². The van der Waals surface area contributed by atoms with Gasteiger partial charge in [0.05, 0.1) is 10.7 Å². The Bertz CT molecular complexity index is 609. The van der Waals surface area contributed by atoms with Crippen LogP contribution >= 0.6 is 11.6 Å². The van der Waals surface area contributed by atoms with E-state index in [2.05, 4.69) is 10.3 Å². The van der Waals surface area contributed by atoms with Crippen LogP contribution in [0.4, 0.5) is 0 Å². The maximum atomic E-state index is 11.2. The van der Waals surface area contributed by atoms with Crippen molar-refractivity contribution < 1.29 is 9.90 Å². The lowest BCUT2D eigenvalue weighted by Crippen LogP contribution is -2.37. The number of hydrogen-bond donors (Lipinski definition) is 2. The molecule has 0 saturated heterocycles. The minimum atomic E-state index is -0.828. The van der Waals surface area contributed by atoms with Gasteiger partial charge in [-0.3, -0.25) is 10.1 Å². The van der Waals surface area contributed by atoms with Gasteiger partial charge in [0, 0.05) is 18.9 Å². The first-order valence-electron chi connectivity index (χ1n) is 6.55. The van der Waals surface area contributed by atoms with Crippen molar-refractivity contribution in [2.24, 2.45) is 5.92 Å². The van der Waals surface area contributed by atoms with E-state index in [1.54, 1.807) is 12.3 Å². The second kappa shape index (κ2) is 6.24. The highest BCUT2D eigenvalue weighted by Crippen LogP contribution is 2.12. The van der Waals surface area contributed by atoms with Gasteiger partial charge in [0.1, 0.15) is 11.7 Å². The first kappa shape index (κ1) is 14.8. The summed E-state index contributed by atoms with van der Waals surface area (Å²) in [6.07, 6.45) is 4.22. The molecule has 2 aromatic rings. The van der Waals surface area contributed by atoms with Gasteiger partial charge in [-0.25, -0.2) is 4.98 Å². The zero-order valence-corrected chi connectivity index (χ0v) is 12.3. The van der Waals surface area contributed by atoms with Crippen molar-refractivity contribution in [2.75, 3.05) is 0 Å². The fourth-order valence-corrected chi connectivity index (χ4v) is 2.24. The molecule has 2 rings (SSSR count). The molecule has 0 bridgehead atoms. The Kier molecular flexibility index (Phi) is 4.62. The average molecular weight is 296 g/mol. The summed E-state index contributed by atoms with van der Waals surface area (Å²) in [5.41, 5.74) is 1.59. The van der Waals surface area contributed by atoms with Crippen LogP contribution in [-0.2, 0) is 11.3 Å². The van der Waals surface area contributed by atoms with Crippen molar-refractivity contribution in [3.8, 4) is 0 Å². The molecule has 5 nitrogen and oxygen atoms in total. The maximum Gasteiger partial charge on any atom is 0.320 e. The molecule has 6 heteroatoms. The molecule has 0 amide bonds. The third-order valence-corrected chi connectivity index (χ3v) is 3.22. The standard InChI is InChI=1S/C14H18ClN3O2/c1-9(2)5-12(14(19)20)16-6-11-8-18-7-10(15)3-4-13(18)17-11/h3-4,7-9,12,16H,5-6H2,1-2H3,(H,19,20). The van der Waals surface area contributed by atoms with Crippen LogP contribution in [0.1, 0.15) is 26.0 Å². The van der Waals surface area contributed by atoms with Crippen LogP contribution in [-0.4, -0.2) is 26.5 Å². The summed E-state index contributed by atoms with van der Waals surface area (Å²) < 4.78 is 1.83. The number of pyridine rings is 1. The Morgan fingerprint density at radius 1 is 1.45 bits per heavy atom. The molecule has 2 aromatic heterocycles. The van der Waals surface area contributed by atoms with Crippen LogP contribution in [0.2, 0.25) is 5.02 Å². The number of aliphatic carboxylic acids is 1. The summed E-state index contributed by atoms with van der Waals surface area (Å²) >= 11 is 5.91. The highest BCUT2D eigenvalue weighted by atomic mass is 35.5. The molecular weight excluding hydrogens is 278 g/mol. The van der Waals surface area contributed by atoms with E-state index in [0.717, 1.165) is 11.3 Å². The van der Waals surface area contributed by atoms with E-state index < -0.39 is 12.0 Å². The molecule has 2 N–H and O–H groups in total. The summed E-state index contributed by atoms with van der Waals surface area (Å²) in [6, 6.07) is 3.05. The molecule has 20 heavy (non-hydrogen) atoms. The second-order valence-corrected chi connectivity index (χ2v) is 5.68. The van der Waals surface area contributed by atoms with Gasteiger partial charge in [0.15, 0.2) is 0 Å². The van der Waals surface area contributed by atoms with Crippen LogP contribution in [0.25, 0.3) is 5.65 Å². The highest BCUT2D eigenvalue weighted by molar-refractivity contribution is 6.30. The quantitative estimate of drug-likeness (QED) is 0.859. The van der Waals surface area contributed by atoms with E-state index in [-0.39, 0.29) is 0 Å². The first-order chi connectivity index (χ1) is 9.45. The fraction of sp³-hybridized carbons (Fsp3) is 0.429. The van der Waals surface area contributed by atoms with Gasteiger partial charge in [-0.05, 0) is 24.5 Å². The summed E-state index contributed by atoms with van der Waals surface area (Å²) in [5.74, 6) is -0.506. The van der Waals surface area contributed by atoms with E-state index in [4.69, 9.17) is 11.6 Å². The molecule has 0 spiro atoms. The number of hydrogen-bond acceptors (Lipinski definition) is 3. The smallest absolute Gasteiger partial charge is 0.320 e. The Balaban J connectivity index is 2.05. The van der Waals surface area contributed by atoms with Crippen molar-refractivity contribution in [1.82, 2.24) is 14.7 Å². The number of carboxylic acids is 1.